The molecule has 0 N–H and O–H groups in total. The topological polar surface area (TPSA) is 27.0 Å². The second-order valence-corrected chi connectivity index (χ2v) is 4.00. The summed E-state index contributed by atoms with van der Waals surface area (Å²) >= 11 is 0. The Kier molecular flexibility index (Phi) is 2.51. The SMILES string of the molecule is CN1CC(c2cccc(CC#N)c2)C1. The number of rotatable bonds is 2. The van der Waals surface area contributed by atoms with Crippen molar-refractivity contribution in [3.05, 3.63) is 35.4 Å². The maximum Gasteiger partial charge on any atom is 0.0669 e. The van der Waals surface area contributed by atoms with Crippen LogP contribution in [0.4, 0.5) is 0 Å². The Balaban J connectivity index is 2.11. The van der Waals surface area contributed by atoms with Gasteiger partial charge >= 0.3 is 0 Å². The monoisotopic (exact) mass is 186 g/mol. The van der Waals surface area contributed by atoms with Gasteiger partial charge in [-0.1, -0.05) is 24.3 Å². The van der Waals surface area contributed by atoms with Crippen molar-refractivity contribution in [3.63, 3.8) is 0 Å². The summed E-state index contributed by atoms with van der Waals surface area (Å²) in [7, 11) is 2.13. The van der Waals surface area contributed by atoms with Crippen LogP contribution < -0.4 is 0 Å². The Labute approximate surface area is 84.8 Å². The number of likely N-dealkylation sites (tertiary alicyclic amines) is 1. The molecule has 1 aliphatic heterocycles. The van der Waals surface area contributed by atoms with Gasteiger partial charge in [-0.2, -0.15) is 5.26 Å². The molecule has 2 heteroatoms. The van der Waals surface area contributed by atoms with Crippen LogP contribution in [0, 0.1) is 11.3 Å². The van der Waals surface area contributed by atoms with Gasteiger partial charge in [0, 0.05) is 19.0 Å². The predicted octanol–water partition coefficient (Wildman–Crippen LogP) is 1.78. The van der Waals surface area contributed by atoms with Crippen LogP contribution in [0.3, 0.4) is 0 Å². The summed E-state index contributed by atoms with van der Waals surface area (Å²) in [5.41, 5.74) is 2.52. The molecule has 1 heterocycles. The zero-order valence-corrected chi connectivity index (χ0v) is 8.40. The van der Waals surface area contributed by atoms with E-state index in [1.54, 1.807) is 0 Å². The van der Waals surface area contributed by atoms with Crippen molar-refractivity contribution in [2.45, 2.75) is 12.3 Å². The second kappa shape index (κ2) is 3.81. The van der Waals surface area contributed by atoms with Crippen LogP contribution in [0.1, 0.15) is 17.0 Å². The Bertz CT molecular complexity index is 359. The van der Waals surface area contributed by atoms with Crippen LogP contribution >= 0.6 is 0 Å². The van der Waals surface area contributed by atoms with Gasteiger partial charge in [0.25, 0.3) is 0 Å². The van der Waals surface area contributed by atoms with Gasteiger partial charge in [-0.3, -0.25) is 0 Å². The average molecular weight is 186 g/mol. The minimum Gasteiger partial charge on any atom is -0.305 e. The molecule has 14 heavy (non-hydrogen) atoms. The average Bonchev–Trinajstić information content (AvgIpc) is 2.14. The number of nitriles is 1. The number of hydrogen-bond donors (Lipinski definition) is 0. The summed E-state index contributed by atoms with van der Waals surface area (Å²) in [5.74, 6) is 0.679. The van der Waals surface area contributed by atoms with E-state index >= 15 is 0 Å². The first-order chi connectivity index (χ1) is 6.79. The van der Waals surface area contributed by atoms with E-state index in [0.29, 0.717) is 12.3 Å². The molecule has 0 aliphatic carbocycles. The number of hydrogen-bond acceptors (Lipinski definition) is 2. The molecule has 0 unspecified atom stereocenters. The van der Waals surface area contributed by atoms with Gasteiger partial charge in [0.15, 0.2) is 0 Å². The van der Waals surface area contributed by atoms with Crippen LogP contribution in [-0.2, 0) is 6.42 Å². The molecule has 0 bridgehead atoms. The quantitative estimate of drug-likeness (QED) is 0.704. The molecule has 1 aromatic carbocycles. The number of benzene rings is 1. The van der Waals surface area contributed by atoms with E-state index in [2.05, 4.69) is 36.2 Å². The second-order valence-electron chi connectivity index (χ2n) is 4.00. The molecule has 0 radical (unpaired) electrons. The lowest BCUT2D eigenvalue weighted by Gasteiger charge is -2.36. The van der Waals surface area contributed by atoms with Gasteiger partial charge < -0.3 is 4.90 Å². The highest BCUT2D eigenvalue weighted by atomic mass is 15.2. The third-order valence-electron chi connectivity index (χ3n) is 2.77. The molecule has 0 saturated carbocycles. The van der Waals surface area contributed by atoms with Gasteiger partial charge in [-0.05, 0) is 18.2 Å². The molecule has 72 valence electrons. The third-order valence-corrected chi connectivity index (χ3v) is 2.77. The van der Waals surface area contributed by atoms with Crippen LogP contribution in [0.25, 0.3) is 0 Å². The van der Waals surface area contributed by atoms with E-state index in [1.807, 2.05) is 6.07 Å². The van der Waals surface area contributed by atoms with E-state index in [1.165, 1.54) is 5.56 Å². The van der Waals surface area contributed by atoms with Gasteiger partial charge in [0.1, 0.15) is 0 Å². The highest BCUT2D eigenvalue weighted by Gasteiger charge is 2.24. The van der Waals surface area contributed by atoms with Crippen LogP contribution in [0.2, 0.25) is 0 Å². The molecule has 2 nitrogen and oxygen atoms in total. The minimum absolute atomic E-state index is 0.524. The fraction of sp³-hybridized carbons (Fsp3) is 0.417. The largest absolute Gasteiger partial charge is 0.305 e. The van der Waals surface area contributed by atoms with Gasteiger partial charge in [0.05, 0.1) is 12.5 Å². The minimum atomic E-state index is 0.524. The first-order valence-corrected chi connectivity index (χ1v) is 4.94. The molecule has 1 saturated heterocycles. The van der Waals surface area contributed by atoms with Gasteiger partial charge in [-0.25, -0.2) is 0 Å². The lowest BCUT2D eigenvalue weighted by atomic mass is 9.91. The van der Waals surface area contributed by atoms with Crippen LogP contribution in [0.5, 0.6) is 0 Å². The zero-order chi connectivity index (χ0) is 9.97. The molecular weight excluding hydrogens is 172 g/mol. The van der Waals surface area contributed by atoms with E-state index in [4.69, 9.17) is 5.26 Å². The summed E-state index contributed by atoms with van der Waals surface area (Å²) in [6.07, 6.45) is 0.524. The fourth-order valence-corrected chi connectivity index (χ4v) is 1.96. The molecule has 1 aliphatic rings. The third kappa shape index (κ3) is 1.78. The molecule has 0 atom stereocenters. The van der Waals surface area contributed by atoms with Crippen molar-refractivity contribution in [1.29, 1.82) is 5.26 Å². The standard InChI is InChI=1S/C12H14N2/c1-14-8-12(9-14)11-4-2-3-10(7-11)5-6-13/h2-4,7,12H,5,8-9H2,1H3. The molecular formula is C12H14N2. The maximum atomic E-state index is 8.60. The normalized spacial score (nSPS) is 17.4. The number of nitrogens with zero attached hydrogens (tertiary/aromatic N) is 2. The summed E-state index contributed by atoms with van der Waals surface area (Å²) in [5, 5.41) is 8.60. The van der Waals surface area contributed by atoms with Crippen LogP contribution in [-0.4, -0.2) is 25.0 Å². The first kappa shape index (κ1) is 9.23. The highest BCUT2D eigenvalue weighted by Crippen LogP contribution is 2.25. The molecule has 0 amide bonds. The first-order valence-electron chi connectivity index (χ1n) is 4.94. The summed E-state index contributed by atoms with van der Waals surface area (Å²) in [6, 6.07) is 10.6. The lowest BCUT2D eigenvalue weighted by Crippen LogP contribution is -2.41. The van der Waals surface area contributed by atoms with E-state index in [-0.39, 0.29) is 0 Å². The molecule has 1 aromatic rings. The molecule has 2 rings (SSSR count). The number of likely N-dealkylation sites (N-methyl/N-ethyl adjacent to an activating group) is 1. The van der Waals surface area contributed by atoms with E-state index in [0.717, 1.165) is 18.7 Å². The molecule has 0 aromatic heterocycles. The molecule has 1 fully saturated rings. The summed E-state index contributed by atoms with van der Waals surface area (Å²) in [6.45, 7) is 2.30. The van der Waals surface area contributed by atoms with Gasteiger partial charge in [-0.15, -0.1) is 0 Å². The molecule has 0 spiro atoms. The maximum absolute atomic E-state index is 8.60. The smallest absolute Gasteiger partial charge is 0.0669 e. The van der Waals surface area contributed by atoms with Crippen molar-refractivity contribution in [3.8, 4) is 6.07 Å². The van der Waals surface area contributed by atoms with Crippen molar-refractivity contribution >= 4 is 0 Å². The van der Waals surface area contributed by atoms with Crippen molar-refractivity contribution in [2.24, 2.45) is 0 Å². The Hall–Kier alpha value is -1.33. The van der Waals surface area contributed by atoms with Crippen molar-refractivity contribution in [2.75, 3.05) is 20.1 Å². The van der Waals surface area contributed by atoms with Crippen LogP contribution in [0.15, 0.2) is 24.3 Å². The van der Waals surface area contributed by atoms with Crippen molar-refractivity contribution in [1.82, 2.24) is 4.90 Å². The summed E-state index contributed by atoms with van der Waals surface area (Å²) < 4.78 is 0. The fourth-order valence-electron chi connectivity index (χ4n) is 1.96. The highest BCUT2D eigenvalue weighted by molar-refractivity contribution is 5.29. The van der Waals surface area contributed by atoms with E-state index in [9.17, 15) is 0 Å². The lowest BCUT2D eigenvalue weighted by molar-refractivity contribution is 0.189. The van der Waals surface area contributed by atoms with Crippen molar-refractivity contribution < 1.29 is 0 Å². The zero-order valence-electron chi connectivity index (χ0n) is 8.40. The Morgan fingerprint density at radius 3 is 2.93 bits per heavy atom. The predicted molar refractivity (Wildman–Crippen MR) is 56.0 cm³/mol. The van der Waals surface area contributed by atoms with E-state index < -0.39 is 0 Å². The summed E-state index contributed by atoms with van der Waals surface area (Å²) in [4.78, 5) is 2.31. The van der Waals surface area contributed by atoms with Gasteiger partial charge in [0.2, 0.25) is 0 Å². The Morgan fingerprint density at radius 2 is 2.29 bits per heavy atom. The Morgan fingerprint density at radius 1 is 1.50 bits per heavy atom.